The number of nitrogens with one attached hydrogen (secondary N) is 2. The van der Waals surface area contributed by atoms with E-state index < -0.39 is 0 Å². The Morgan fingerprint density at radius 1 is 1.13 bits per heavy atom. The molecule has 2 rings (SSSR count). The van der Waals surface area contributed by atoms with E-state index in [0.29, 0.717) is 15.2 Å². The van der Waals surface area contributed by atoms with Gasteiger partial charge >= 0.3 is 0 Å². The first-order valence-corrected chi connectivity index (χ1v) is 8.32. The van der Waals surface area contributed by atoms with Gasteiger partial charge in [0.25, 0.3) is 0 Å². The Morgan fingerprint density at radius 2 is 1.83 bits per heavy atom. The summed E-state index contributed by atoms with van der Waals surface area (Å²) < 4.78 is 0. The van der Waals surface area contributed by atoms with Crippen LogP contribution in [0.5, 0.6) is 0 Å². The second-order valence-electron chi connectivity index (χ2n) is 4.90. The maximum absolute atomic E-state index is 6.10. The SMILES string of the molecule is CC/C(=N/NC(=S)Nc1cccc(Cl)c1C)c1ccc(Cl)cc1. The number of benzene rings is 2. The quantitative estimate of drug-likeness (QED) is 0.432. The largest absolute Gasteiger partial charge is 0.331 e. The zero-order valence-electron chi connectivity index (χ0n) is 12.9. The molecule has 120 valence electrons. The van der Waals surface area contributed by atoms with Crippen LogP contribution in [0.1, 0.15) is 24.5 Å². The summed E-state index contributed by atoms with van der Waals surface area (Å²) in [6, 6.07) is 13.2. The second-order valence-corrected chi connectivity index (χ2v) is 6.15. The molecule has 23 heavy (non-hydrogen) atoms. The van der Waals surface area contributed by atoms with E-state index >= 15 is 0 Å². The Bertz CT molecular complexity index is 727. The Balaban J connectivity index is 2.06. The molecule has 0 radical (unpaired) electrons. The molecule has 0 fully saturated rings. The van der Waals surface area contributed by atoms with Crippen molar-refractivity contribution in [2.75, 3.05) is 5.32 Å². The maximum atomic E-state index is 6.10. The molecule has 0 aliphatic heterocycles. The molecule has 0 heterocycles. The summed E-state index contributed by atoms with van der Waals surface area (Å²) in [6.45, 7) is 3.97. The summed E-state index contributed by atoms with van der Waals surface area (Å²) in [6.07, 6.45) is 0.771. The number of rotatable bonds is 4. The summed E-state index contributed by atoms with van der Waals surface area (Å²) in [5.74, 6) is 0. The highest BCUT2D eigenvalue weighted by molar-refractivity contribution is 7.80. The fraction of sp³-hybridized carbons (Fsp3) is 0.176. The summed E-state index contributed by atoms with van der Waals surface area (Å²) in [7, 11) is 0. The van der Waals surface area contributed by atoms with Gasteiger partial charge in [-0.2, -0.15) is 5.10 Å². The molecule has 0 bridgehead atoms. The molecule has 0 amide bonds. The third-order valence-corrected chi connectivity index (χ3v) is 4.18. The van der Waals surface area contributed by atoms with Crippen LogP contribution >= 0.6 is 35.4 Å². The zero-order valence-corrected chi connectivity index (χ0v) is 15.2. The standard InChI is InChI=1S/C17H17Cl2N3S/c1-3-15(12-7-9-13(18)10-8-12)21-22-17(23)20-16-6-4-5-14(19)11(16)2/h4-10H,3H2,1-2H3,(H2,20,22,23)/b21-15-. The van der Waals surface area contributed by atoms with Crippen molar-refractivity contribution >= 4 is 51.9 Å². The monoisotopic (exact) mass is 365 g/mol. The van der Waals surface area contributed by atoms with Gasteiger partial charge < -0.3 is 5.32 Å². The van der Waals surface area contributed by atoms with Gasteiger partial charge in [0.15, 0.2) is 5.11 Å². The van der Waals surface area contributed by atoms with Crippen LogP contribution in [0.15, 0.2) is 47.6 Å². The van der Waals surface area contributed by atoms with Gasteiger partial charge in [0.1, 0.15) is 0 Å². The fourth-order valence-corrected chi connectivity index (χ4v) is 2.46. The van der Waals surface area contributed by atoms with Crippen LogP contribution in [0.25, 0.3) is 0 Å². The molecule has 0 atom stereocenters. The van der Waals surface area contributed by atoms with Gasteiger partial charge in [-0.3, -0.25) is 5.43 Å². The number of hydrogen-bond acceptors (Lipinski definition) is 2. The van der Waals surface area contributed by atoms with Gasteiger partial charge in [0, 0.05) is 15.7 Å². The third kappa shape index (κ3) is 4.93. The molecule has 0 saturated carbocycles. The minimum Gasteiger partial charge on any atom is -0.331 e. The average molecular weight is 366 g/mol. The molecular weight excluding hydrogens is 349 g/mol. The van der Waals surface area contributed by atoms with Crippen LogP contribution in [-0.2, 0) is 0 Å². The lowest BCUT2D eigenvalue weighted by Crippen LogP contribution is -2.25. The average Bonchev–Trinajstić information content (AvgIpc) is 2.54. The molecule has 0 aliphatic carbocycles. The molecule has 6 heteroatoms. The molecule has 2 N–H and O–H groups in total. The van der Waals surface area contributed by atoms with Gasteiger partial charge in [0.05, 0.1) is 5.71 Å². The number of nitrogens with zero attached hydrogens (tertiary/aromatic N) is 1. The van der Waals surface area contributed by atoms with Crippen molar-refractivity contribution in [2.24, 2.45) is 5.10 Å². The normalized spacial score (nSPS) is 11.2. The Morgan fingerprint density at radius 3 is 2.48 bits per heavy atom. The van der Waals surface area contributed by atoms with E-state index in [4.69, 9.17) is 35.4 Å². The zero-order chi connectivity index (χ0) is 16.8. The topological polar surface area (TPSA) is 36.4 Å². The molecule has 0 unspecified atom stereocenters. The van der Waals surface area contributed by atoms with Crippen molar-refractivity contribution in [3.63, 3.8) is 0 Å². The summed E-state index contributed by atoms with van der Waals surface area (Å²) in [4.78, 5) is 0. The molecule has 2 aromatic carbocycles. The molecule has 2 aromatic rings. The van der Waals surface area contributed by atoms with Gasteiger partial charge in [-0.15, -0.1) is 0 Å². The summed E-state index contributed by atoms with van der Waals surface area (Å²) in [5.41, 5.74) is 6.57. The Hall–Kier alpha value is -1.62. The van der Waals surface area contributed by atoms with E-state index in [1.54, 1.807) is 0 Å². The number of hydrazone groups is 1. The number of thiocarbonyl (C=S) groups is 1. The van der Waals surface area contributed by atoms with Crippen molar-refractivity contribution in [1.29, 1.82) is 0 Å². The van der Waals surface area contributed by atoms with Crippen molar-refractivity contribution < 1.29 is 0 Å². The van der Waals surface area contributed by atoms with Crippen LogP contribution in [0.4, 0.5) is 5.69 Å². The van der Waals surface area contributed by atoms with E-state index in [9.17, 15) is 0 Å². The first-order valence-electron chi connectivity index (χ1n) is 7.16. The summed E-state index contributed by atoms with van der Waals surface area (Å²) >= 11 is 17.3. The number of hydrogen-bond donors (Lipinski definition) is 2. The summed E-state index contributed by atoms with van der Waals surface area (Å²) in [5, 5.41) is 9.28. The van der Waals surface area contributed by atoms with Crippen LogP contribution < -0.4 is 10.7 Å². The van der Waals surface area contributed by atoms with Gasteiger partial charge in [0.2, 0.25) is 0 Å². The van der Waals surface area contributed by atoms with E-state index in [-0.39, 0.29) is 0 Å². The third-order valence-electron chi connectivity index (χ3n) is 3.32. The fourth-order valence-electron chi connectivity index (χ4n) is 2.00. The minimum absolute atomic E-state index is 0.412. The van der Waals surface area contributed by atoms with Crippen LogP contribution in [0.2, 0.25) is 10.0 Å². The highest BCUT2D eigenvalue weighted by Gasteiger charge is 2.05. The molecule has 0 aliphatic rings. The lowest BCUT2D eigenvalue weighted by molar-refractivity contribution is 1.02. The Kier molecular flexibility index (Phi) is 6.39. The van der Waals surface area contributed by atoms with E-state index in [2.05, 4.69) is 15.8 Å². The predicted octanol–water partition coefficient (Wildman–Crippen LogP) is 5.40. The van der Waals surface area contributed by atoms with Crippen molar-refractivity contribution in [3.05, 3.63) is 63.6 Å². The van der Waals surface area contributed by atoms with Gasteiger partial charge in [-0.1, -0.05) is 48.3 Å². The molecule has 3 nitrogen and oxygen atoms in total. The van der Waals surface area contributed by atoms with Gasteiger partial charge in [-0.05, 0) is 61.0 Å². The van der Waals surface area contributed by atoms with Gasteiger partial charge in [-0.25, -0.2) is 0 Å². The van der Waals surface area contributed by atoms with Crippen molar-refractivity contribution in [1.82, 2.24) is 5.43 Å². The van der Waals surface area contributed by atoms with E-state index in [1.807, 2.05) is 56.3 Å². The van der Waals surface area contributed by atoms with Crippen molar-refractivity contribution in [3.8, 4) is 0 Å². The maximum Gasteiger partial charge on any atom is 0.191 e. The molecule has 0 saturated heterocycles. The molecule has 0 aromatic heterocycles. The van der Waals surface area contributed by atoms with Crippen LogP contribution in [0.3, 0.4) is 0 Å². The van der Waals surface area contributed by atoms with E-state index in [1.165, 1.54) is 0 Å². The number of anilines is 1. The molecular formula is C17H17Cl2N3S. The smallest absolute Gasteiger partial charge is 0.191 e. The lowest BCUT2D eigenvalue weighted by atomic mass is 10.1. The lowest BCUT2D eigenvalue weighted by Gasteiger charge is -2.12. The molecule has 0 spiro atoms. The van der Waals surface area contributed by atoms with E-state index in [0.717, 1.165) is 28.9 Å². The Labute approximate surface area is 151 Å². The van der Waals surface area contributed by atoms with Crippen molar-refractivity contribution in [2.45, 2.75) is 20.3 Å². The van der Waals surface area contributed by atoms with Crippen LogP contribution in [-0.4, -0.2) is 10.8 Å². The first-order chi connectivity index (χ1) is 11.0. The predicted molar refractivity (Wildman–Crippen MR) is 104 cm³/mol. The second kappa shape index (κ2) is 8.29. The highest BCUT2D eigenvalue weighted by atomic mass is 35.5. The first kappa shape index (κ1) is 17.7. The number of halogens is 2. The minimum atomic E-state index is 0.412. The highest BCUT2D eigenvalue weighted by Crippen LogP contribution is 2.22. The van der Waals surface area contributed by atoms with Crippen LogP contribution in [0, 0.1) is 6.92 Å².